The highest BCUT2D eigenvalue weighted by atomic mass is 32.2. The molecule has 1 saturated heterocycles. The van der Waals surface area contributed by atoms with Crippen molar-refractivity contribution in [2.75, 3.05) is 13.7 Å². The first-order chi connectivity index (χ1) is 13.4. The molecule has 0 bridgehead atoms. The van der Waals surface area contributed by atoms with Gasteiger partial charge in [0.15, 0.2) is 11.5 Å². The normalized spacial score (nSPS) is 16.5. The van der Waals surface area contributed by atoms with Crippen LogP contribution in [0.3, 0.4) is 0 Å². The van der Waals surface area contributed by atoms with Gasteiger partial charge in [0.1, 0.15) is 4.32 Å². The summed E-state index contributed by atoms with van der Waals surface area (Å²) in [7, 11) is 1.56. The van der Waals surface area contributed by atoms with Crippen molar-refractivity contribution in [3.8, 4) is 11.5 Å². The zero-order valence-corrected chi connectivity index (χ0v) is 17.9. The molecule has 1 aliphatic heterocycles. The predicted octanol–water partition coefficient (Wildman–Crippen LogP) is 2.99. The zero-order chi connectivity index (χ0) is 20.7. The Morgan fingerprint density at radius 3 is 2.71 bits per heavy atom. The van der Waals surface area contributed by atoms with Gasteiger partial charge in [-0.1, -0.05) is 56.2 Å². The number of carbonyl (C=O) groups excluding carboxylic acids is 2. The Labute approximate surface area is 174 Å². The van der Waals surface area contributed by atoms with Gasteiger partial charge in [0, 0.05) is 0 Å². The summed E-state index contributed by atoms with van der Waals surface area (Å²) in [6, 6.07) is 4.28. The first kappa shape index (κ1) is 22.2. The number of amides is 1. The van der Waals surface area contributed by atoms with E-state index in [1.165, 1.54) is 19.8 Å². The molecule has 1 fully saturated rings. The second-order valence-electron chi connectivity index (χ2n) is 6.37. The smallest absolute Gasteiger partial charge is 0.266 e. The fourth-order valence-electron chi connectivity index (χ4n) is 2.67. The molecule has 0 saturated carbocycles. The average Bonchev–Trinajstić information content (AvgIpc) is 2.94. The number of hydrogen-bond acceptors (Lipinski definition) is 7. The molecule has 1 aromatic carbocycles. The van der Waals surface area contributed by atoms with Crippen LogP contribution in [0.2, 0.25) is 0 Å². The van der Waals surface area contributed by atoms with Gasteiger partial charge in [0.2, 0.25) is 0 Å². The molecule has 6 nitrogen and oxygen atoms in total. The monoisotopic (exact) mass is 422 g/mol. The summed E-state index contributed by atoms with van der Waals surface area (Å²) in [5.41, 5.74) is 0.733. The number of carboxylic acid groups (broad SMARTS) is 1. The molecule has 1 aliphatic rings. The highest BCUT2D eigenvalue weighted by molar-refractivity contribution is 8.26. The number of carboxylic acids is 1. The Bertz CT molecular complexity index is 778. The predicted molar refractivity (Wildman–Crippen MR) is 112 cm³/mol. The van der Waals surface area contributed by atoms with Gasteiger partial charge in [0.05, 0.1) is 30.6 Å². The largest absolute Gasteiger partial charge is 0.548 e. The molecule has 1 aromatic rings. The van der Waals surface area contributed by atoms with Crippen molar-refractivity contribution in [2.45, 2.75) is 45.6 Å². The van der Waals surface area contributed by atoms with E-state index in [1.54, 1.807) is 25.3 Å². The maximum atomic E-state index is 12.5. The first-order valence-electron chi connectivity index (χ1n) is 9.17. The second-order valence-corrected chi connectivity index (χ2v) is 8.04. The lowest BCUT2D eigenvalue weighted by molar-refractivity contribution is -0.309. The summed E-state index contributed by atoms with van der Waals surface area (Å²) in [6.07, 6.45) is 6.13. The van der Waals surface area contributed by atoms with Crippen molar-refractivity contribution in [1.29, 1.82) is 0 Å². The number of hydrogen-bond donors (Lipinski definition) is 0. The van der Waals surface area contributed by atoms with E-state index in [0.29, 0.717) is 23.0 Å². The Hall–Kier alpha value is -2.06. The van der Waals surface area contributed by atoms with Gasteiger partial charge >= 0.3 is 0 Å². The molecular formula is C20H24NO5S2-. The first-order valence-corrected chi connectivity index (χ1v) is 10.4. The van der Waals surface area contributed by atoms with Crippen molar-refractivity contribution in [3.63, 3.8) is 0 Å². The fourth-order valence-corrected chi connectivity index (χ4v) is 4.09. The number of nitrogens with zero attached hydrogens (tertiary/aromatic N) is 1. The number of methoxy groups -OCH3 is 1. The van der Waals surface area contributed by atoms with Crippen molar-refractivity contribution < 1.29 is 24.2 Å². The molecule has 0 aliphatic carbocycles. The summed E-state index contributed by atoms with van der Waals surface area (Å²) in [4.78, 5) is 25.0. The van der Waals surface area contributed by atoms with Crippen molar-refractivity contribution in [2.24, 2.45) is 0 Å². The SMILES string of the molecule is CCCCCCOc1ccc(/C=C2\SC(=S)N([C@H](C)C(=O)[O-])C2=O)cc1OC. The van der Waals surface area contributed by atoms with Gasteiger partial charge in [0.25, 0.3) is 5.91 Å². The minimum Gasteiger partial charge on any atom is -0.548 e. The van der Waals surface area contributed by atoms with Crippen LogP contribution < -0.4 is 14.6 Å². The lowest BCUT2D eigenvalue weighted by Crippen LogP contribution is -2.48. The third-order valence-electron chi connectivity index (χ3n) is 4.29. The van der Waals surface area contributed by atoms with Crippen LogP contribution in [0.15, 0.2) is 23.1 Å². The molecule has 0 N–H and O–H groups in total. The van der Waals surface area contributed by atoms with E-state index in [2.05, 4.69) is 6.92 Å². The van der Waals surface area contributed by atoms with Gasteiger partial charge in [-0.25, -0.2) is 0 Å². The van der Waals surface area contributed by atoms with Crippen LogP contribution in [0.25, 0.3) is 6.08 Å². The van der Waals surface area contributed by atoms with Gasteiger partial charge in [-0.3, -0.25) is 9.69 Å². The minimum atomic E-state index is -1.35. The van der Waals surface area contributed by atoms with Crippen molar-refractivity contribution in [1.82, 2.24) is 4.90 Å². The Morgan fingerprint density at radius 1 is 1.32 bits per heavy atom. The molecule has 152 valence electrons. The third-order valence-corrected chi connectivity index (χ3v) is 5.62. The molecule has 2 rings (SSSR count). The standard InChI is InChI=1S/C20H25NO5S2/c1-4-5-6-7-10-26-15-9-8-14(11-16(15)25-3)12-17-18(22)21(20(27)28-17)13(2)19(23)24/h8-9,11-13H,4-7,10H2,1-3H3,(H,23,24)/p-1/b17-12-/t13-/m1/s1. The Kier molecular flexibility index (Phi) is 8.32. The van der Waals surface area contributed by atoms with E-state index in [4.69, 9.17) is 21.7 Å². The third kappa shape index (κ3) is 5.48. The van der Waals surface area contributed by atoms with E-state index in [0.717, 1.165) is 35.1 Å². The number of thioether (sulfide) groups is 1. The van der Waals surface area contributed by atoms with Crippen LogP contribution in [0.5, 0.6) is 11.5 Å². The molecule has 1 heterocycles. The number of ether oxygens (including phenoxy) is 2. The molecule has 0 aromatic heterocycles. The van der Waals surface area contributed by atoms with E-state index < -0.39 is 17.9 Å². The molecule has 0 unspecified atom stereocenters. The number of rotatable bonds is 10. The average molecular weight is 423 g/mol. The second kappa shape index (κ2) is 10.5. The number of benzene rings is 1. The summed E-state index contributed by atoms with van der Waals surface area (Å²) in [5, 5.41) is 11.1. The maximum Gasteiger partial charge on any atom is 0.266 e. The lowest BCUT2D eigenvalue weighted by Gasteiger charge is -2.23. The van der Waals surface area contributed by atoms with E-state index in [9.17, 15) is 14.7 Å². The number of unbranched alkanes of at least 4 members (excludes halogenated alkanes) is 3. The van der Waals surface area contributed by atoms with Crippen LogP contribution in [0, 0.1) is 0 Å². The topological polar surface area (TPSA) is 78.9 Å². The van der Waals surface area contributed by atoms with Crippen molar-refractivity contribution in [3.05, 3.63) is 28.7 Å². The number of thiocarbonyl (C=S) groups is 1. The van der Waals surface area contributed by atoms with Crippen LogP contribution in [0.4, 0.5) is 0 Å². The Balaban J connectivity index is 2.12. The van der Waals surface area contributed by atoms with Gasteiger partial charge in [-0.2, -0.15) is 0 Å². The van der Waals surface area contributed by atoms with Crippen LogP contribution in [-0.2, 0) is 9.59 Å². The molecule has 0 radical (unpaired) electrons. The number of aliphatic carboxylic acids is 1. The zero-order valence-electron chi connectivity index (χ0n) is 16.2. The quantitative estimate of drug-likeness (QED) is 0.326. The molecule has 28 heavy (non-hydrogen) atoms. The maximum absolute atomic E-state index is 12.5. The number of carbonyl (C=O) groups is 2. The highest BCUT2D eigenvalue weighted by Gasteiger charge is 2.35. The van der Waals surface area contributed by atoms with E-state index in [1.807, 2.05) is 6.07 Å². The van der Waals surface area contributed by atoms with E-state index >= 15 is 0 Å². The van der Waals surface area contributed by atoms with Gasteiger partial charge < -0.3 is 19.4 Å². The highest BCUT2D eigenvalue weighted by Crippen LogP contribution is 2.35. The molecule has 8 heteroatoms. The fraction of sp³-hybridized carbons (Fsp3) is 0.450. The summed E-state index contributed by atoms with van der Waals surface area (Å²) in [5.74, 6) is -0.571. The lowest BCUT2D eigenvalue weighted by atomic mass is 10.1. The summed E-state index contributed by atoms with van der Waals surface area (Å²) < 4.78 is 11.4. The van der Waals surface area contributed by atoms with Crippen LogP contribution in [0.1, 0.15) is 45.1 Å². The summed E-state index contributed by atoms with van der Waals surface area (Å²) in [6.45, 7) is 4.16. The van der Waals surface area contributed by atoms with E-state index in [-0.39, 0.29) is 4.32 Å². The minimum absolute atomic E-state index is 0.201. The molecule has 1 amide bonds. The van der Waals surface area contributed by atoms with Gasteiger partial charge in [-0.05, 0) is 37.1 Å². The van der Waals surface area contributed by atoms with Crippen LogP contribution >= 0.6 is 24.0 Å². The van der Waals surface area contributed by atoms with Crippen molar-refractivity contribution >= 4 is 46.3 Å². The molecular weight excluding hydrogens is 398 g/mol. The Morgan fingerprint density at radius 2 is 2.07 bits per heavy atom. The van der Waals surface area contributed by atoms with Gasteiger partial charge in [-0.15, -0.1) is 0 Å². The van der Waals surface area contributed by atoms with Crippen LogP contribution in [-0.4, -0.2) is 40.9 Å². The summed E-state index contributed by atoms with van der Waals surface area (Å²) >= 11 is 6.21. The molecule has 1 atom stereocenters. The molecule has 0 spiro atoms.